The van der Waals surface area contributed by atoms with Gasteiger partial charge in [-0.1, -0.05) is 36.4 Å². The second-order valence-electron chi connectivity index (χ2n) is 6.67. The summed E-state index contributed by atoms with van der Waals surface area (Å²) in [5.74, 6) is 0. The van der Waals surface area contributed by atoms with Crippen molar-refractivity contribution in [2.75, 3.05) is 10.6 Å². The molecule has 1 aromatic heterocycles. The molecule has 0 aliphatic carbocycles. The van der Waals surface area contributed by atoms with Gasteiger partial charge in [-0.2, -0.15) is 5.10 Å². The number of rotatable bonds is 4. The molecule has 1 unspecified atom stereocenters. The monoisotopic (exact) mass is 401 g/mol. The van der Waals surface area contributed by atoms with Crippen LogP contribution in [0.3, 0.4) is 0 Å². The van der Waals surface area contributed by atoms with Crippen LogP contribution < -0.4 is 10.6 Å². The Bertz CT molecular complexity index is 1070. The van der Waals surface area contributed by atoms with E-state index in [1.165, 1.54) is 5.01 Å². The van der Waals surface area contributed by atoms with Gasteiger partial charge in [0.25, 0.3) is 0 Å². The van der Waals surface area contributed by atoms with Gasteiger partial charge in [0.1, 0.15) is 6.04 Å². The number of nitrogens with zero attached hydrogens (tertiary/aromatic N) is 3. The summed E-state index contributed by atoms with van der Waals surface area (Å²) in [5, 5.41) is 20.0. The Labute approximate surface area is 172 Å². The molecule has 0 fully saturated rings. The number of benzene rings is 2. The number of carbonyl (C=O) groups excluding carboxylic acids is 1. The van der Waals surface area contributed by atoms with Crippen molar-refractivity contribution in [1.29, 1.82) is 0 Å². The molecular weight excluding hydrogens is 382 g/mol. The second kappa shape index (κ2) is 8.44. The predicted octanol–water partition coefficient (Wildman–Crippen LogP) is 4.55. The van der Waals surface area contributed by atoms with Crippen molar-refractivity contribution in [1.82, 2.24) is 9.99 Å². The summed E-state index contributed by atoms with van der Waals surface area (Å²) in [7, 11) is 0. The van der Waals surface area contributed by atoms with Crippen LogP contribution >= 0.6 is 0 Å². The maximum absolute atomic E-state index is 13.0. The molecule has 4 rings (SSSR count). The van der Waals surface area contributed by atoms with Gasteiger partial charge in [-0.25, -0.2) is 14.6 Å². The van der Waals surface area contributed by atoms with Crippen molar-refractivity contribution in [3.05, 3.63) is 90.3 Å². The Morgan fingerprint density at radius 2 is 1.60 bits per heavy atom. The minimum Gasteiger partial charge on any atom is -0.465 e. The highest BCUT2D eigenvalue weighted by molar-refractivity contribution is 6.04. The number of hydrogen-bond acceptors (Lipinski definition) is 4. The van der Waals surface area contributed by atoms with Crippen molar-refractivity contribution in [2.45, 2.75) is 12.5 Å². The van der Waals surface area contributed by atoms with Gasteiger partial charge in [0.2, 0.25) is 0 Å². The van der Waals surface area contributed by atoms with Gasteiger partial charge in [-0.05, 0) is 42.0 Å². The molecule has 1 atom stereocenters. The fourth-order valence-electron chi connectivity index (χ4n) is 3.25. The highest BCUT2D eigenvalue weighted by Gasteiger charge is 2.34. The Hall–Kier alpha value is -4.20. The predicted molar refractivity (Wildman–Crippen MR) is 114 cm³/mol. The Morgan fingerprint density at radius 1 is 0.900 bits per heavy atom. The van der Waals surface area contributed by atoms with Crippen LogP contribution in [0, 0.1) is 0 Å². The zero-order valence-corrected chi connectivity index (χ0v) is 15.9. The third-order valence-electron chi connectivity index (χ3n) is 4.64. The van der Waals surface area contributed by atoms with Crippen molar-refractivity contribution >= 4 is 29.2 Å². The average molecular weight is 401 g/mol. The number of carboxylic acid groups (broad SMARTS) is 1. The molecule has 2 aromatic carbocycles. The number of carbonyl (C=O) groups is 2. The highest BCUT2D eigenvalue weighted by atomic mass is 16.4. The van der Waals surface area contributed by atoms with Crippen LogP contribution in [0.2, 0.25) is 0 Å². The minimum absolute atomic E-state index is 0.346. The SMILES string of the molecule is O=C(O)Nc1ccc(C2=NN(C(=O)Nc3ccccc3)C(c3ccccn3)C2)cc1. The van der Waals surface area contributed by atoms with Gasteiger partial charge in [-0.15, -0.1) is 0 Å². The van der Waals surface area contributed by atoms with E-state index >= 15 is 0 Å². The van der Waals surface area contributed by atoms with E-state index in [-0.39, 0.29) is 12.1 Å². The summed E-state index contributed by atoms with van der Waals surface area (Å²) >= 11 is 0. The second-order valence-corrected chi connectivity index (χ2v) is 6.67. The van der Waals surface area contributed by atoms with Crippen molar-refractivity contribution in [3.63, 3.8) is 0 Å². The van der Waals surface area contributed by atoms with E-state index in [4.69, 9.17) is 5.11 Å². The van der Waals surface area contributed by atoms with Gasteiger partial charge < -0.3 is 10.4 Å². The first-order valence-electron chi connectivity index (χ1n) is 9.34. The normalized spacial score (nSPS) is 15.4. The summed E-state index contributed by atoms with van der Waals surface area (Å²) < 4.78 is 0. The lowest BCUT2D eigenvalue weighted by Gasteiger charge is -2.21. The number of para-hydroxylation sites is 1. The van der Waals surface area contributed by atoms with Gasteiger partial charge >= 0.3 is 12.1 Å². The van der Waals surface area contributed by atoms with Crippen LogP contribution in [0.4, 0.5) is 21.0 Å². The van der Waals surface area contributed by atoms with Crippen LogP contribution in [0.25, 0.3) is 0 Å². The molecule has 2 heterocycles. The number of aromatic nitrogens is 1. The molecule has 8 nitrogen and oxygen atoms in total. The highest BCUT2D eigenvalue weighted by Crippen LogP contribution is 2.32. The maximum Gasteiger partial charge on any atom is 0.409 e. The van der Waals surface area contributed by atoms with E-state index in [0.29, 0.717) is 17.8 Å². The largest absolute Gasteiger partial charge is 0.465 e. The molecule has 3 aromatic rings. The molecule has 0 bridgehead atoms. The first kappa shape index (κ1) is 19.1. The van der Waals surface area contributed by atoms with Gasteiger partial charge in [0, 0.05) is 24.0 Å². The van der Waals surface area contributed by atoms with Crippen molar-refractivity contribution in [2.24, 2.45) is 5.10 Å². The summed E-state index contributed by atoms with van der Waals surface area (Å²) in [6.07, 6.45) is 1.05. The van der Waals surface area contributed by atoms with E-state index in [2.05, 4.69) is 20.7 Å². The van der Waals surface area contributed by atoms with E-state index in [9.17, 15) is 9.59 Å². The van der Waals surface area contributed by atoms with Crippen LogP contribution in [0.5, 0.6) is 0 Å². The Kier molecular flexibility index (Phi) is 5.38. The molecule has 0 radical (unpaired) electrons. The number of nitrogens with one attached hydrogen (secondary N) is 2. The zero-order valence-electron chi connectivity index (χ0n) is 15.9. The topological polar surface area (TPSA) is 107 Å². The standard InChI is InChI=1S/C22H19N5O3/c28-21(24-16-6-2-1-3-7-16)27-20(18-8-4-5-13-23-18)14-19(26-27)15-9-11-17(12-10-15)25-22(29)30/h1-13,20,25H,14H2,(H,24,28)(H,29,30). The maximum atomic E-state index is 13.0. The number of urea groups is 1. The summed E-state index contributed by atoms with van der Waals surface area (Å²) in [6, 6.07) is 20.9. The smallest absolute Gasteiger partial charge is 0.409 e. The first-order chi connectivity index (χ1) is 14.6. The van der Waals surface area contributed by atoms with Crippen molar-refractivity contribution in [3.8, 4) is 0 Å². The summed E-state index contributed by atoms with van der Waals surface area (Å²) in [6.45, 7) is 0. The van der Waals surface area contributed by atoms with E-state index in [0.717, 1.165) is 17.0 Å². The molecule has 3 amide bonds. The summed E-state index contributed by atoms with van der Waals surface area (Å²) in [4.78, 5) is 28.1. The van der Waals surface area contributed by atoms with Crippen molar-refractivity contribution < 1.29 is 14.7 Å². The molecule has 30 heavy (non-hydrogen) atoms. The quantitative estimate of drug-likeness (QED) is 0.596. The minimum atomic E-state index is -1.13. The molecule has 1 aliphatic heterocycles. The molecule has 3 N–H and O–H groups in total. The number of anilines is 2. The molecule has 150 valence electrons. The number of amides is 3. The average Bonchev–Trinajstić information content (AvgIpc) is 3.21. The molecule has 0 saturated heterocycles. The van der Waals surface area contributed by atoms with Crippen LogP contribution in [-0.2, 0) is 0 Å². The summed E-state index contributed by atoms with van der Waals surface area (Å²) in [5.41, 5.74) is 3.40. The first-order valence-corrected chi connectivity index (χ1v) is 9.34. The van der Waals surface area contributed by atoms with Crippen LogP contribution in [0.15, 0.2) is 84.1 Å². The van der Waals surface area contributed by atoms with Gasteiger partial charge in [0.05, 0.1) is 11.4 Å². The van der Waals surface area contributed by atoms with Crippen LogP contribution in [0.1, 0.15) is 23.7 Å². The number of hydrazone groups is 1. The van der Waals surface area contributed by atoms with Gasteiger partial charge in [-0.3, -0.25) is 10.3 Å². The molecule has 1 aliphatic rings. The van der Waals surface area contributed by atoms with E-state index < -0.39 is 6.09 Å². The Morgan fingerprint density at radius 3 is 2.27 bits per heavy atom. The van der Waals surface area contributed by atoms with Crippen LogP contribution in [-0.4, -0.2) is 32.9 Å². The number of pyridine rings is 1. The lowest BCUT2D eigenvalue weighted by Crippen LogP contribution is -2.31. The number of hydrogen-bond donors (Lipinski definition) is 3. The lowest BCUT2D eigenvalue weighted by molar-refractivity contribution is 0.199. The fraction of sp³-hybridized carbons (Fsp3) is 0.0909. The zero-order chi connectivity index (χ0) is 20.9. The fourth-order valence-corrected chi connectivity index (χ4v) is 3.25. The Balaban J connectivity index is 1.61. The van der Waals surface area contributed by atoms with Gasteiger partial charge in [0.15, 0.2) is 0 Å². The van der Waals surface area contributed by atoms with E-state index in [1.54, 1.807) is 30.5 Å². The lowest BCUT2D eigenvalue weighted by atomic mass is 10.0. The molecule has 0 spiro atoms. The molecular formula is C22H19N5O3. The molecule has 8 heteroatoms. The third-order valence-corrected chi connectivity index (χ3v) is 4.64. The van der Waals surface area contributed by atoms with E-state index in [1.807, 2.05) is 48.5 Å². The third kappa shape index (κ3) is 4.27. The molecule has 0 saturated carbocycles.